The Morgan fingerprint density at radius 3 is 2.53 bits per heavy atom. The summed E-state index contributed by atoms with van der Waals surface area (Å²) in [5.41, 5.74) is 2.87. The molecule has 0 bridgehead atoms. The fraction of sp³-hybridized carbons (Fsp3) is 0.625. The average molecular weight is 233 g/mol. The van der Waals surface area contributed by atoms with Gasteiger partial charge in [0.05, 0.1) is 0 Å². The van der Waals surface area contributed by atoms with Crippen molar-refractivity contribution in [2.75, 3.05) is 6.54 Å². The van der Waals surface area contributed by atoms with Gasteiger partial charge in [-0.05, 0) is 50.3 Å². The third kappa shape index (κ3) is 5.36. The van der Waals surface area contributed by atoms with E-state index in [1.807, 2.05) is 0 Å². The second kappa shape index (κ2) is 7.50. The predicted octanol–water partition coefficient (Wildman–Crippen LogP) is 3.95. The molecule has 0 aliphatic heterocycles. The molecule has 0 saturated carbocycles. The minimum atomic E-state index is 0.565. The maximum absolute atomic E-state index is 3.64. The average Bonchev–Trinajstić information content (AvgIpc) is 2.30. The number of benzene rings is 1. The summed E-state index contributed by atoms with van der Waals surface area (Å²) in [5, 5.41) is 3.64. The fourth-order valence-electron chi connectivity index (χ4n) is 2.24. The topological polar surface area (TPSA) is 12.0 Å². The molecule has 17 heavy (non-hydrogen) atoms. The minimum Gasteiger partial charge on any atom is -0.314 e. The molecule has 0 aliphatic carbocycles. The van der Waals surface area contributed by atoms with Crippen LogP contribution in [0.3, 0.4) is 0 Å². The Morgan fingerprint density at radius 2 is 1.88 bits per heavy atom. The van der Waals surface area contributed by atoms with Crippen LogP contribution in [0.25, 0.3) is 0 Å². The molecule has 1 rings (SSSR count). The Bertz CT molecular complexity index is 319. The summed E-state index contributed by atoms with van der Waals surface area (Å²) >= 11 is 0. The first-order valence-corrected chi connectivity index (χ1v) is 6.91. The molecule has 1 aromatic rings. The highest BCUT2D eigenvalue weighted by Crippen LogP contribution is 2.10. The van der Waals surface area contributed by atoms with Crippen molar-refractivity contribution < 1.29 is 0 Å². The highest BCUT2D eigenvalue weighted by molar-refractivity contribution is 5.26. The van der Waals surface area contributed by atoms with Gasteiger partial charge in [-0.25, -0.2) is 0 Å². The summed E-state index contributed by atoms with van der Waals surface area (Å²) < 4.78 is 0. The largest absolute Gasteiger partial charge is 0.314 e. The van der Waals surface area contributed by atoms with Crippen LogP contribution in [0, 0.1) is 12.8 Å². The third-order valence-electron chi connectivity index (χ3n) is 3.38. The molecule has 2 atom stereocenters. The first-order chi connectivity index (χ1) is 8.13. The normalized spacial score (nSPS) is 14.6. The van der Waals surface area contributed by atoms with Crippen LogP contribution in [-0.4, -0.2) is 12.6 Å². The van der Waals surface area contributed by atoms with E-state index in [4.69, 9.17) is 0 Å². The number of hydrogen-bond acceptors (Lipinski definition) is 1. The fourth-order valence-corrected chi connectivity index (χ4v) is 2.24. The molecule has 96 valence electrons. The highest BCUT2D eigenvalue weighted by atomic mass is 14.9. The van der Waals surface area contributed by atoms with E-state index in [-0.39, 0.29) is 0 Å². The van der Waals surface area contributed by atoms with Crippen LogP contribution in [-0.2, 0) is 6.42 Å². The summed E-state index contributed by atoms with van der Waals surface area (Å²) in [6.07, 6.45) is 3.74. The lowest BCUT2D eigenvalue weighted by atomic mass is 10.0. The first kappa shape index (κ1) is 14.2. The van der Waals surface area contributed by atoms with Gasteiger partial charge < -0.3 is 5.32 Å². The summed E-state index contributed by atoms with van der Waals surface area (Å²) in [4.78, 5) is 0. The Morgan fingerprint density at radius 1 is 1.18 bits per heavy atom. The lowest BCUT2D eigenvalue weighted by molar-refractivity contribution is 0.436. The molecule has 0 heterocycles. The van der Waals surface area contributed by atoms with Crippen molar-refractivity contribution in [1.29, 1.82) is 0 Å². The first-order valence-electron chi connectivity index (χ1n) is 6.91. The molecular formula is C16H27N. The summed E-state index contributed by atoms with van der Waals surface area (Å²) in [7, 11) is 0. The monoisotopic (exact) mass is 233 g/mol. The van der Waals surface area contributed by atoms with Crippen molar-refractivity contribution in [3.05, 3.63) is 35.4 Å². The number of rotatable bonds is 7. The molecule has 2 unspecified atom stereocenters. The minimum absolute atomic E-state index is 0.565. The molecular weight excluding hydrogens is 206 g/mol. The van der Waals surface area contributed by atoms with E-state index in [2.05, 4.69) is 57.3 Å². The second-order valence-electron chi connectivity index (χ2n) is 5.33. The molecule has 0 fully saturated rings. The molecule has 1 aromatic carbocycles. The zero-order chi connectivity index (χ0) is 12.7. The molecule has 0 radical (unpaired) electrons. The van der Waals surface area contributed by atoms with E-state index in [0.717, 1.165) is 18.9 Å². The van der Waals surface area contributed by atoms with Crippen LogP contribution in [0.5, 0.6) is 0 Å². The molecule has 1 nitrogen and oxygen atoms in total. The Hall–Kier alpha value is -0.820. The maximum atomic E-state index is 3.64. The van der Waals surface area contributed by atoms with Crippen LogP contribution < -0.4 is 5.32 Å². The molecule has 1 N–H and O–H groups in total. The standard InChI is InChI=1S/C16H27N/c1-5-8-13(2)12-17-15(4)11-16-10-7-6-9-14(16)3/h6-7,9-10,13,15,17H,5,8,11-12H2,1-4H3. The zero-order valence-electron chi connectivity index (χ0n) is 11.8. The van der Waals surface area contributed by atoms with E-state index in [1.54, 1.807) is 0 Å². The van der Waals surface area contributed by atoms with Crippen molar-refractivity contribution in [1.82, 2.24) is 5.32 Å². The third-order valence-corrected chi connectivity index (χ3v) is 3.38. The van der Waals surface area contributed by atoms with Gasteiger partial charge in [-0.1, -0.05) is 44.5 Å². The summed E-state index contributed by atoms with van der Waals surface area (Å²) in [6.45, 7) is 10.2. The highest BCUT2D eigenvalue weighted by Gasteiger charge is 2.07. The maximum Gasteiger partial charge on any atom is 0.00793 e. The van der Waals surface area contributed by atoms with Crippen molar-refractivity contribution in [2.24, 2.45) is 5.92 Å². The molecule has 0 saturated heterocycles. The van der Waals surface area contributed by atoms with Gasteiger partial charge in [-0.2, -0.15) is 0 Å². The molecule has 1 heteroatoms. The summed E-state index contributed by atoms with van der Waals surface area (Å²) in [6, 6.07) is 9.25. The van der Waals surface area contributed by atoms with E-state index in [9.17, 15) is 0 Å². The van der Waals surface area contributed by atoms with Gasteiger partial charge in [0, 0.05) is 6.04 Å². The lowest BCUT2D eigenvalue weighted by Gasteiger charge is -2.18. The van der Waals surface area contributed by atoms with E-state index >= 15 is 0 Å². The van der Waals surface area contributed by atoms with E-state index in [0.29, 0.717) is 6.04 Å². The Labute approximate surface area is 107 Å². The molecule has 0 spiro atoms. The van der Waals surface area contributed by atoms with Gasteiger partial charge in [0.25, 0.3) is 0 Å². The number of nitrogens with one attached hydrogen (secondary N) is 1. The second-order valence-corrected chi connectivity index (χ2v) is 5.33. The quantitative estimate of drug-likeness (QED) is 0.752. The van der Waals surface area contributed by atoms with Crippen LogP contribution in [0.2, 0.25) is 0 Å². The smallest absolute Gasteiger partial charge is 0.00793 e. The van der Waals surface area contributed by atoms with E-state index < -0.39 is 0 Å². The SMILES string of the molecule is CCCC(C)CNC(C)Cc1ccccc1C. The van der Waals surface area contributed by atoms with Crippen LogP contribution in [0.1, 0.15) is 44.7 Å². The lowest BCUT2D eigenvalue weighted by Crippen LogP contribution is -2.32. The van der Waals surface area contributed by atoms with E-state index in [1.165, 1.54) is 24.0 Å². The van der Waals surface area contributed by atoms with Crippen LogP contribution >= 0.6 is 0 Å². The van der Waals surface area contributed by atoms with Crippen molar-refractivity contribution >= 4 is 0 Å². The number of aryl methyl sites for hydroxylation is 1. The molecule has 0 amide bonds. The van der Waals surface area contributed by atoms with Crippen LogP contribution in [0.15, 0.2) is 24.3 Å². The van der Waals surface area contributed by atoms with Gasteiger partial charge in [0.1, 0.15) is 0 Å². The van der Waals surface area contributed by atoms with Gasteiger partial charge >= 0.3 is 0 Å². The molecule has 0 aromatic heterocycles. The van der Waals surface area contributed by atoms with Crippen molar-refractivity contribution in [3.63, 3.8) is 0 Å². The molecule has 0 aliphatic rings. The number of hydrogen-bond donors (Lipinski definition) is 1. The Balaban J connectivity index is 2.34. The zero-order valence-corrected chi connectivity index (χ0v) is 11.8. The van der Waals surface area contributed by atoms with Gasteiger partial charge in [-0.15, -0.1) is 0 Å². The van der Waals surface area contributed by atoms with Gasteiger partial charge in [0.2, 0.25) is 0 Å². The van der Waals surface area contributed by atoms with Gasteiger partial charge in [-0.3, -0.25) is 0 Å². The van der Waals surface area contributed by atoms with Gasteiger partial charge in [0.15, 0.2) is 0 Å². The van der Waals surface area contributed by atoms with Crippen LogP contribution in [0.4, 0.5) is 0 Å². The predicted molar refractivity (Wildman–Crippen MR) is 76.4 cm³/mol. The van der Waals surface area contributed by atoms with Crippen molar-refractivity contribution in [3.8, 4) is 0 Å². The van der Waals surface area contributed by atoms with Crippen molar-refractivity contribution in [2.45, 2.75) is 53.0 Å². The summed E-state index contributed by atoms with van der Waals surface area (Å²) in [5.74, 6) is 0.791. The Kier molecular flexibility index (Phi) is 6.28.